The lowest BCUT2D eigenvalue weighted by Gasteiger charge is -2.37. The van der Waals surface area contributed by atoms with Gasteiger partial charge in [0.05, 0.1) is 11.3 Å². The number of aromatic amines is 1. The Kier molecular flexibility index (Phi) is 3.89. The van der Waals surface area contributed by atoms with E-state index in [1.165, 1.54) is 0 Å². The molecule has 2 aromatic heterocycles. The quantitative estimate of drug-likeness (QED) is 0.764. The molecule has 136 valence electrons. The lowest BCUT2D eigenvalue weighted by Crippen LogP contribution is -2.50. The summed E-state index contributed by atoms with van der Waals surface area (Å²) in [6, 6.07) is 10.2. The molecule has 1 unspecified atom stereocenters. The number of allylic oxidation sites excluding steroid dienone is 1. The van der Waals surface area contributed by atoms with Gasteiger partial charge in [-0.1, -0.05) is 36.4 Å². The number of H-pyrrole nitrogens is 1. The van der Waals surface area contributed by atoms with Gasteiger partial charge in [0, 0.05) is 32.4 Å². The van der Waals surface area contributed by atoms with E-state index in [-0.39, 0.29) is 11.8 Å². The van der Waals surface area contributed by atoms with Crippen molar-refractivity contribution in [3.63, 3.8) is 0 Å². The van der Waals surface area contributed by atoms with Crippen LogP contribution in [0.3, 0.4) is 0 Å². The van der Waals surface area contributed by atoms with Gasteiger partial charge in [-0.2, -0.15) is 0 Å². The van der Waals surface area contributed by atoms with Gasteiger partial charge < -0.3 is 14.8 Å². The van der Waals surface area contributed by atoms with Crippen LogP contribution in [0.2, 0.25) is 0 Å². The molecule has 1 aliphatic carbocycles. The highest BCUT2D eigenvalue weighted by molar-refractivity contribution is 5.88. The molecule has 1 aromatic carbocycles. The highest BCUT2D eigenvalue weighted by atomic mass is 16.2. The Morgan fingerprint density at radius 2 is 1.93 bits per heavy atom. The molecule has 0 bridgehead atoms. The molecular formula is C21H21N5O. The first-order valence-electron chi connectivity index (χ1n) is 9.38. The number of fused-ring (bicyclic) bond motifs is 2. The number of hydrogen-bond donors (Lipinski definition) is 1. The number of piperazine rings is 1. The summed E-state index contributed by atoms with van der Waals surface area (Å²) in [5.41, 5.74) is 3.16. The van der Waals surface area contributed by atoms with Gasteiger partial charge in [0.1, 0.15) is 17.8 Å². The van der Waals surface area contributed by atoms with E-state index in [2.05, 4.69) is 44.1 Å². The van der Waals surface area contributed by atoms with Crippen LogP contribution < -0.4 is 4.90 Å². The van der Waals surface area contributed by atoms with Crippen molar-refractivity contribution >= 4 is 28.8 Å². The minimum atomic E-state index is -0.0619. The van der Waals surface area contributed by atoms with Gasteiger partial charge in [0.15, 0.2) is 0 Å². The third kappa shape index (κ3) is 2.77. The molecule has 1 atom stereocenters. The first-order valence-corrected chi connectivity index (χ1v) is 9.38. The SMILES string of the molecule is O=C(C1CC=Cc2ccccc21)N1CCN(c2ncnc3[nH]ccc23)CC1. The third-order valence-electron chi connectivity index (χ3n) is 5.56. The fourth-order valence-electron chi connectivity index (χ4n) is 4.14. The predicted molar refractivity (Wildman–Crippen MR) is 106 cm³/mol. The number of nitrogens with zero attached hydrogens (tertiary/aromatic N) is 4. The average Bonchev–Trinajstić information content (AvgIpc) is 3.22. The van der Waals surface area contributed by atoms with Gasteiger partial charge in [-0.25, -0.2) is 9.97 Å². The van der Waals surface area contributed by atoms with Crippen molar-refractivity contribution in [3.05, 3.63) is 60.1 Å². The van der Waals surface area contributed by atoms with Crippen LogP contribution in [0, 0.1) is 0 Å². The summed E-state index contributed by atoms with van der Waals surface area (Å²) in [7, 11) is 0. The maximum atomic E-state index is 13.2. The van der Waals surface area contributed by atoms with Gasteiger partial charge in [0.25, 0.3) is 0 Å². The van der Waals surface area contributed by atoms with Crippen LogP contribution in [0.25, 0.3) is 17.1 Å². The van der Waals surface area contributed by atoms with Crippen LogP contribution in [0.1, 0.15) is 23.5 Å². The first kappa shape index (κ1) is 16.1. The molecule has 6 heteroatoms. The largest absolute Gasteiger partial charge is 0.352 e. The van der Waals surface area contributed by atoms with Gasteiger partial charge in [-0.15, -0.1) is 0 Å². The number of anilines is 1. The monoisotopic (exact) mass is 359 g/mol. The normalized spacial score (nSPS) is 19.3. The Balaban J connectivity index is 1.32. The summed E-state index contributed by atoms with van der Waals surface area (Å²) in [5.74, 6) is 1.12. The fraction of sp³-hybridized carbons (Fsp3) is 0.286. The number of amides is 1. The second kappa shape index (κ2) is 6.54. The van der Waals surface area contributed by atoms with Gasteiger partial charge in [-0.3, -0.25) is 4.79 Å². The Hall–Kier alpha value is -3.15. The summed E-state index contributed by atoms with van der Waals surface area (Å²) < 4.78 is 0. The lowest BCUT2D eigenvalue weighted by atomic mass is 9.86. The smallest absolute Gasteiger partial charge is 0.230 e. The van der Waals surface area contributed by atoms with Crippen LogP contribution in [0.4, 0.5) is 5.82 Å². The summed E-state index contributed by atoms with van der Waals surface area (Å²) in [6.45, 7) is 3.01. The van der Waals surface area contributed by atoms with Crippen molar-refractivity contribution in [2.45, 2.75) is 12.3 Å². The number of aromatic nitrogens is 3. The zero-order valence-electron chi connectivity index (χ0n) is 15.0. The van der Waals surface area contributed by atoms with Gasteiger partial charge in [0.2, 0.25) is 5.91 Å². The van der Waals surface area contributed by atoms with Crippen LogP contribution in [0.5, 0.6) is 0 Å². The second-order valence-corrected chi connectivity index (χ2v) is 7.07. The van der Waals surface area contributed by atoms with E-state index >= 15 is 0 Å². The molecule has 1 fully saturated rings. The standard InChI is InChI=1S/C21H21N5O/c27-21(17-7-3-5-15-4-1-2-6-16(15)17)26-12-10-25(11-13-26)20-18-8-9-22-19(18)23-14-24-20/h1-6,8-9,14,17H,7,10-13H2,(H,22,23,24). The van der Waals surface area contributed by atoms with Crippen LogP contribution in [0.15, 0.2) is 48.9 Å². The average molecular weight is 359 g/mol. The highest BCUT2D eigenvalue weighted by Crippen LogP contribution is 2.32. The molecule has 2 aliphatic rings. The van der Waals surface area contributed by atoms with E-state index in [1.807, 2.05) is 29.3 Å². The molecule has 1 aliphatic heterocycles. The lowest BCUT2D eigenvalue weighted by molar-refractivity contribution is -0.133. The molecule has 3 aromatic rings. The van der Waals surface area contributed by atoms with Crippen molar-refractivity contribution in [1.29, 1.82) is 0 Å². The van der Waals surface area contributed by atoms with E-state index < -0.39 is 0 Å². The minimum Gasteiger partial charge on any atom is -0.352 e. The van der Waals surface area contributed by atoms with E-state index in [0.29, 0.717) is 0 Å². The molecule has 1 saturated heterocycles. The van der Waals surface area contributed by atoms with Crippen molar-refractivity contribution < 1.29 is 4.79 Å². The second-order valence-electron chi connectivity index (χ2n) is 7.07. The van der Waals surface area contributed by atoms with Crippen LogP contribution >= 0.6 is 0 Å². The van der Waals surface area contributed by atoms with Gasteiger partial charge >= 0.3 is 0 Å². The number of carbonyl (C=O) groups is 1. The van der Waals surface area contributed by atoms with E-state index in [4.69, 9.17) is 0 Å². The van der Waals surface area contributed by atoms with Gasteiger partial charge in [-0.05, 0) is 23.6 Å². The van der Waals surface area contributed by atoms with E-state index in [0.717, 1.165) is 60.6 Å². The maximum Gasteiger partial charge on any atom is 0.230 e. The molecule has 5 rings (SSSR count). The van der Waals surface area contributed by atoms with E-state index in [9.17, 15) is 4.79 Å². The zero-order chi connectivity index (χ0) is 18.2. The molecule has 1 amide bonds. The number of rotatable bonds is 2. The summed E-state index contributed by atoms with van der Waals surface area (Å²) >= 11 is 0. The molecular weight excluding hydrogens is 338 g/mol. The molecule has 27 heavy (non-hydrogen) atoms. The first-order chi connectivity index (χ1) is 13.3. The maximum absolute atomic E-state index is 13.2. The molecule has 6 nitrogen and oxygen atoms in total. The van der Waals surface area contributed by atoms with Crippen LogP contribution in [-0.2, 0) is 4.79 Å². The molecule has 0 spiro atoms. The minimum absolute atomic E-state index is 0.0619. The Bertz CT molecular complexity index is 1020. The highest BCUT2D eigenvalue weighted by Gasteiger charge is 2.30. The van der Waals surface area contributed by atoms with E-state index in [1.54, 1.807) is 6.33 Å². The Morgan fingerprint density at radius 1 is 1.07 bits per heavy atom. The number of carbonyl (C=O) groups excluding carboxylic acids is 1. The zero-order valence-corrected chi connectivity index (χ0v) is 15.0. The molecule has 0 saturated carbocycles. The summed E-state index contributed by atoms with van der Waals surface area (Å²) in [4.78, 5) is 29.3. The van der Waals surface area contributed by atoms with Crippen molar-refractivity contribution in [1.82, 2.24) is 19.9 Å². The van der Waals surface area contributed by atoms with Crippen molar-refractivity contribution in [3.8, 4) is 0 Å². The van der Waals surface area contributed by atoms with Crippen molar-refractivity contribution in [2.24, 2.45) is 0 Å². The molecule has 3 heterocycles. The predicted octanol–water partition coefficient (Wildman–Crippen LogP) is 2.81. The van der Waals surface area contributed by atoms with Crippen LogP contribution in [-0.4, -0.2) is 51.9 Å². The number of benzene rings is 1. The topological polar surface area (TPSA) is 65.1 Å². The third-order valence-corrected chi connectivity index (χ3v) is 5.56. The summed E-state index contributed by atoms with van der Waals surface area (Å²) in [6.07, 6.45) is 8.50. The number of hydrogen-bond acceptors (Lipinski definition) is 4. The molecule has 1 N–H and O–H groups in total. The Morgan fingerprint density at radius 3 is 2.81 bits per heavy atom. The Labute approximate surface area is 157 Å². The summed E-state index contributed by atoms with van der Waals surface area (Å²) in [5, 5.41) is 1.03. The van der Waals surface area contributed by atoms with Crippen molar-refractivity contribution in [2.75, 3.05) is 31.1 Å². The fourth-order valence-corrected chi connectivity index (χ4v) is 4.14. The molecule has 0 radical (unpaired) electrons. The number of nitrogens with one attached hydrogen (secondary N) is 1.